The summed E-state index contributed by atoms with van der Waals surface area (Å²) in [6.07, 6.45) is 0.752. The van der Waals surface area contributed by atoms with E-state index in [-0.39, 0.29) is 0 Å². The minimum absolute atomic E-state index is 0.465. The summed E-state index contributed by atoms with van der Waals surface area (Å²) in [6, 6.07) is 5.25. The van der Waals surface area contributed by atoms with Crippen LogP contribution in [0.4, 0.5) is 13.2 Å². The van der Waals surface area contributed by atoms with Crippen LogP contribution in [0, 0.1) is 11.8 Å². The average molecular weight is 256 g/mol. The molecule has 0 radical (unpaired) electrons. The fourth-order valence-electron chi connectivity index (χ4n) is 1.85. The number of hydrogen-bond acceptors (Lipinski definition) is 0. The van der Waals surface area contributed by atoms with E-state index >= 15 is 0 Å². The normalized spacial score (nSPS) is 14.4. The van der Waals surface area contributed by atoms with Crippen molar-refractivity contribution < 1.29 is 13.2 Å². The summed E-state index contributed by atoms with van der Waals surface area (Å²) in [5.74, 6) is 1.01. The number of rotatable bonds is 4. The van der Waals surface area contributed by atoms with Crippen LogP contribution >= 0.6 is 0 Å². The Labute approximate surface area is 107 Å². The summed E-state index contributed by atoms with van der Waals surface area (Å²) in [7, 11) is 0. The third-order valence-electron chi connectivity index (χ3n) is 3.10. The second kappa shape index (κ2) is 6.07. The molecule has 0 N–H and O–H groups in total. The van der Waals surface area contributed by atoms with Gasteiger partial charge in [0.25, 0.3) is 0 Å². The third-order valence-corrected chi connectivity index (χ3v) is 3.10. The lowest BCUT2D eigenvalue weighted by molar-refractivity contribution is -0.137. The number of benzene rings is 1. The van der Waals surface area contributed by atoms with E-state index in [0.29, 0.717) is 11.8 Å². The molecule has 0 aliphatic heterocycles. The highest BCUT2D eigenvalue weighted by atomic mass is 19.4. The Morgan fingerprint density at radius 3 is 2.06 bits per heavy atom. The lowest BCUT2D eigenvalue weighted by Gasteiger charge is -2.14. The molecular weight excluding hydrogens is 237 g/mol. The number of allylic oxidation sites excluding steroid dienone is 1. The van der Waals surface area contributed by atoms with Gasteiger partial charge in [-0.15, -0.1) is 0 Å². The molecule has 0 aromatic heterocycles. The van der Waals surface area contributed by atoms with Gasteiger partial charge in [0.05, 0.1) is 5.56 Å². The van der Waals surface area contributed by atoms with E-state index in [4.69, 9.17) is 0 Å². The van der Waals surface area contributed by atoms with E-state index in [1.165, 1.54) is 12.1 Å². The first-order valence-electron chi connectivity index (χ1n) is 6.20. The molecule has 1 atom stereocenters. The predicted molar refractivity (Wildman–Crippen MR) is 69.1 cm³/mol. The van der Waals surface area contributed by atoms with Crippen molar-refractivity contribution >= 4 is 6.08 Å². The molecule has 1 unspecified atom stereocenters. The van der Waals surface area contributed by atoms with E-state index in [1.807, 2.05) is 6.08 Å². The highest BCUT2D eigenvalue weighted by Crippen LogP contribution is 2.29. The van der Waals surface area contributed by atoms with Crippen molar-refractivity contribution in [1.29, 1.82) is 0 Å². The maximum Gasteiger partial charge on any atom is 0.416 e. The number of halogens is 3. The maximum absolute atomic E-state index is 12.4. The minimum atomic E-state index is -4.26. The average Bonchev–Trinajstić information content (AvgIpc) is 2.29. The van der Waals surface area contributed by atoms with Crippen LogP contribution in [0.5, 0.6) is 0 Å². The standard InChI is InChI=1S/C15H19F3/c1-4-13(11(2)3)8-5-12-6-9-14(10-7-12)15(16,17)18/h5-11,13H,4H2,1-3H3/b8-5-. The fraction of sp³-hybridized carbons (Fsp3) is 0.467. The van der Waals surface area contributed by atoms with Crippen LogP contribution in [0.2, 0.25) is 0 Å². The van der Waals surface area contributed by atoms with Gasteiger partial charge in [-0.1, -0.05) is 45.1 Å². The molecule has 18 heavy (non-hydrogen) atoms. The monoisotopic (exact) mass is 256 g/mol. The molecule has 3 heteroatoms. The molecule has 0 amide bonds. The van der Waals surface area contributed by atoms with Crippen LogP contribution in [0.15, 0.2) is 30.3 Å². The molecule has 0 saturated carbocycles. The minimum Gasteiger partial charge on any atom is -0.166 e. The van der Waals surface area contributed by atoms with Crippen molar-refractivity contribution in [3.63, 3.8) is 0 Å². The first-order valence-corrected chi connectivity index (χ1v) is 6.20. The van der Waals surface area contributed by atoms with Crippen molar-refractivity contribution in [3.05, 3.63) is 41.5 Å². The van der Waals surface area contributed by atoms with Crippen molar-refractivity contribution in [2.24, 2.45) is 11.8 Å². The summed E-state index contributed by atoms with van der Waals surface area (Å²) < 4.78 is 37.1. The Morgan fingerprint density at radius 1 is 1.11 bits per heavy atom. The lowest BCUT2D eigenvalue weighted by atomic mass is 9.92. The lowest BCUT2D eigenvalue weighted by Crippen LogP contribution is -2.04. The highest BCUT2D eigenvalue weighted by molar-refractivity contribution is 5.50. The number of hydrogen-bond donors (Lipinski definition) is 0. The van der Waals surface area contributed by atoms with Gasteiger partial charge in [0.15, 0.2) is 0 Å². The highest BCUT2D eigenvalue weighted by Gasteiger charge is 2.29. The van der Waals surface area contributed by atoms with Gasteiger partial charge in [-0.25, -0.2) is 0 Å². The maximum atomic E-state index is 12.4. The summed E-state index contributed by atoms with van der Waals surface area (Å²) in [6.45, 7) is 6.40. The Balaban J connectivity index is 2.78. The SMILES string of the molecule is CCC(/C=C\c1ccc(C(F)(F)F)cc1)C(C)C. The smallest absolute Gasteiger partial charge is 0.166 e. The van der Waals surface area contributed by atoms with E-state index in [9.17, 15) is 13.2 Å². The van der Waals surface area contributed by atoms with Gasteiger partial charge >= 0.3 is 6.18 Å². The Kier molecular flexibility index (Phi) is 5.00. The number of alkyl halides is 3. The molecule has 0 aliphatic rings. The summed E-state index contributed by atoms with van der Waals surface area (Å²) in [5.41, 5.74) is 0.206. The largest absolute Gasteiger partial charge is 0.416 e. The quantitative estimate of drug-likeness (QED) is 0.676. The second-order valence-electron chi connectivity index (χ2n) is 4.80. The Bertz CT molecular complexity index is 385. The summed E-state index contributed by atoms with van der Waals surface area (Å²) in [5, 5.41) is 0. The van der Waals surface area contributed by atoms with Gasteiger partial charge < -0.3 is 0 Å². The topological polar surface area (TPSA) is 0 Å². The molecule has 0 aliphatic carbocycles. The van der Waals surface area contributed by atoms with Crippen molar-refractivity contribution in [1.82, 2.24) is 0 Å². The first-order chi connectivity index (χ1) is 8.34. The first kappa shape index (κ1) is 14.8. The molecule has 1 aromatic rings. The molecule has 1 aromatic carbocycles. The van der Waals surface area contributed by atoms with Gasteiger partial charge in [-0.3, -0.25) is 0 Å². The molecule has 0 saturated heterocycles. The molecule has 100 valence electrons. The van der Waals surface area contributed by atoms with Crippen molar-refractivity contribution in [2.75, 3.05) is 0 Å². The van der Waals surface area contributed by atoms with Crippen LogP contribution in [-0.4, -0.2) is 0 Å². The van der Waals surface area contributed by atoms with Crippen LogP contribution in [0.3, 0.4) is 0 Å². The molecule has 0 spiro atoms. The summed E-state index contributed by atoms with van der Waals surface area (Å²) >= 11 is 0. The summed E-state index contributed by atoms with van der Waals surface area (Å²) in [4.78, 5) is 0. The van der Waals surface area contributed by atoms with E-state index < -0.39 is 11.7 Å². The molecular formula is C15H19F3. The molecule has 0 nitrogen and oxygen atoms in total. The van der Waals surface area contributed by atoms with Gasteiger partial charge in [-0.2, -0.15) is 13.2 Å². The Hall–Kier alpha value is -1.25. The third kappa shape index (κ3) is 4.21. The van der Waals surface area contributed by atoms with Gasteiger partial charge in [0.2, 0.25) is 0 Å². The van der Waals surface area contributed by atoms with Crippen molar-refractivity contribution in [2.45, 2.75) is 33.4 Å². The van der Waals surface area contributed by atoms with Crippen LogP contribution in [0.1, 0.15) is 38.3 Å². The van der Waals surface area contributed by atoms with E-state index in [1.54, 1.807) is 0 Å². The second-order valence-corrected chi connectivity index (χ2v) is 4.80. The van der Waals surface area contributed by atoms with E-state index in [0.717, 1.165) is 24.1 Å². The van der Waals surface area contributed by atoms with Gasteiger partial charge in [-0.05, 0) is 36.0 Å². The molecule has 1 rings (SSSR count). The predicted octanol–water partition coefficient (Wildman–Crippen LogP) is 5.40. The zero-order valence-corrected chi connectivity index (χ0v) is 11.0. The van der Waals surface area contributed by atoms with Gasteiger partial charge in [0, 0.05) is 0 Å². The zero-order valence-electron chi connectivity index (χ0n) is 11.0. The zero-order chi connectivity index (χ0) is 13.8. The van der Waals surface area contributed by atoms with Gasteiger partial charge in [0.1, 0.15) is 0 Å². The molecule has 0 fully saturated rings. The fourth-order valence-corrected chi connectivity index (χ4v) is 1.85. The van der Waals surface area contributed by atoms with Crippen LogP contribution in [0.25, 0.3) is 6.08 Å². The van der Waals surface area contributed by atoms with E-state index in [2.05, 4.69) is 26.8 Å². The van der Waals surface area contributed by atoms with Crippen LogP contribution < -0.4 is 0 Å². The Morgan fingerprint density at radius 2 is 1.67 bits per heavy atom. The molecule has 0 bridgehead atoms. The van der Waals surface area contributed by atoms with Crippen molar-refractivity contribution in [3.8, 4) is 0 Å². The van der Waals surface area contributed by atoms with Crippen LogP contribution in [-0.2, 0) is 6.18 Å². The molecule has 0 heterocycles.